The fourth-order valence-electron chi connectivity index (χ4n) is 2.05. The number of rotatable bonds is 2. The van der Waals surface area contributed by atoms with Gasteiger partial charge in [0.15, 0.2) is 0 Å². The zero-order valence-corrected chi connectivity index (χ0v) is 20.2. The summed E-state index contributed by atoms with van der Waals surface area (Å²) >= 11 is 1.46. The van der Waals surface area contributed by atoms with Gasteiger partial charge in [-0.1, -0.05) is 84.6 Å². The maximum Gasteiger partial charge on any atom is 0.573 e. The van der Waals surface area contributed by atoms with Crippen molar-refractivity contribution in [1.82, 2.24) is 0 Å². The molecule has 3 aromatic carbocycles. The van der Waals surface area contributed by atoms with E-state index in [1.54, 1.807) is 12.1 Å². The molecule has 0 aliphatic carbocycles. The zero-order valence-electron chi connectivity index (χ0n) is 19.4. The molecule has 0 amide bonds. The summed E-state index contributed by atoms with van der Waals surface area (Å²) in [5.74, 6) is -0.190. The number of thioether (sulfide) groups is 1. The molecule has 0 unspecified atom stereocenters. The lowest BCUT2D eigenvalue weighted by molar-refractivity contribution is -0.274. The van der Waals surface area contributed by atoms with Crippen LogP contribution < -0.4 is 4.74 Å². The number of benzene rings is 3. The van der Waals surface area contributed by atoms with Gasteiger partial charge in [0.05, 0.1) is 0 Å². The Hall–Kier alpha value is -2.40. The van der Waals surface area contributed by atoms with Gasteiger partial charge in [0, 0.05) is 4.90 Å². The molecule has 3 rings (SSSR count). The van der Waals surface area contributed by atoms with E-state index < -0.39 is 6.36 Å². The van der Waals surface area contributed by atoms with Crippen LogP contribution in [-0.2, 0) is 0 Å². The van der Waals surface area contributed by atoms with Crippen LogP contribution in [0.3, 0.4) is 0 Å². The average molecular weight is 451 g/mol. The summed E-state index contributed by atoms with van der Waals surface area (Å²) in [6, 6.07) is 22.7. The molecule has 0 aromatic heterocycles. The van der Waals surface area contributed by atoms with Crippen LogP contribution in [-0.4, -0.2) is 12.6 Å². The minimum Gasteiger partial charge on any atom is -0.406 e. The molecule has 0 bridgehead atoms. The molecule has 0 heterocycles. The molecule has 0 saturated carbocycles. The van der Waals surface area contributed by atoms with E-state index in [9.17, 15) is 13.2 Å². The van der Waals surface area contributed by atoms with Gasteiger partial charge in [-0.25, -0.2) is 0 Å². The van der Waals surface area contributed by atoms with E-state index in [0.717, 1.165) is 4.90 Å². The maximum absolute atomic E-state index is 11.7. The smallest absolute Gasteiger partial charge is 0.406 e. The molecule has 0 radical (unpaired) electrons. The molecule has 3 aromatic rings. The second kappa shape index (κ2) is 15.4. The Morgan fingerprint density at radius 3 is 1.10 bits per heavy atom. The highest BCUT2D eigenvalue weighted by Gasteiger charge is 2.30. The van der Waals surface area contributed by atoms with Crippen molar-refractivity contribution in [3.63, 3.8) is 0 Å². The van der Waals surface area contributed by atoms with Gasteiger partial charge in [0.1, 0.15) is 5.75 Å². The fraction of sp³-hybridized carbons (Fsp3) is 0.308. The van der Waals surface area contributed by atoms with Crippen molar-refractivity contribution in [2.75, 3.05) is 6.26 Å². The highest BCUT2D eigenvalue weighted by molar-refractivity contribution is 7.98. The highest BCUT2D eigenvalue weighted by atomic mass is 32.2. The van der Waals surface area contributed by atoms with Crippen LogP contribution in [0, 0.1) is 27.7 Å². The first kappa shape index (κ1) is 28.6. The van der Waals surface area contributed by atoms with Gasteiger partial charge in [-0.2, -0.15) is 0 Å². The van der Waals surface area contributed by atoms with Crippen LogP contribution in [0.5, 0.6) is 5.75 Å². The van der Waals surface area contributed by atoms with Crippen LogP contribution in [0.25, 0.3) is 0 Å². The number of hydrogen-bond donors (Lipinski definition) is 0. The van der Waals surface area contributed by atoms with Crippen molar-refractivity contribution in [2.45, 2.75) is 52.8 Å². The molecule has 31 heavy (non-hydrogen) atoms. The van der Waals surface area contributed by atoms with Crippen molar-refractivity contribution in [3.05, 3.63) is 95.1 Å². The minimum absolute atomic E-state index is 0.190. The van der Waals surface area contributed by atoms with Crippen molar-refractivity contribution in [2.24, 2.45) is 0 Å². The first-order valence-electron chi connectivity index (χ1n) is 10.1. The SMILES string of the molecule is CC.CSc1ccc(OC(F)(F)F)cc1.Cc1ccc(C)cc1.Cc1ccc(C)cc1. The van der Waals surface area contributed by atoms with E-state index in [1.807, 2.05) is 20.1 Å². The van der Waals surface area contributed by atoms with E-state index in [-0.39, 0.29) is 5.75 Å². The second-order valence-electron chi connectivity index (χ2n) is 6.53. The Balaban J connectivity index is 0.000000436. The lowest BCUT2D eigenvalue weighted by atomic mass is 10.2. The van der Waals surface area contributed by atoms with Crippen molar-refractivity contribution >= 4 is 11.8 Å². The summed E-state index contributed by atoms with van der Waals surface area (Å²) in [4.78, 5) is 0.898. The standard InChI is InChI=1S/C8H7F3OS.2C8H10.C2H6/c1-13-7-4-2-6(3-5-7)12-8(9,10)11;2*1-7-3-5-8(2)6-4-7;1-2/h2-5H,1H3;2*3-6H,1-2H3;1-2H3. The van der Waals surface area contributed by atoms with Gasteiger partial charge in [-0.15, -0.1) is 24.9 Å². The van der Waals surface area contributed by atoms with Gasteiger partial charge in [-0.05, 0) is 58.2 Å². The monoisotopic (exact) mass is 450 g/mol. The van der Waals surface area contributed by atoms with E-state index >= 15 is 0 Å². The Labute approximate surface area is 189 Å². The Kier molecular flexibility index (Phi) is 14.2. The van der Waals surface area contributed by atoms with Gasteiger partial charge in [0.25, 0.3) is 0 Å². The fourth-order valence-corrected chi connectivity index (χ4v) is 2.46. The summed E-state index contributed by atoms with van der Waals surface area (Å²) in [7, 11) is 0. The molecule has 1 nitrogen and oxygen atoms in total. The number of ether oxygens (including phenoxy) is 1. The van der Waals surface area contributed by atoms with Crippen molar-refractivity contribution in [1.29, 1.82) is 0 Å². The van der Waals surface area contributed by atoms with Crippen molar-refractivity contribution in [3.8, 4) is 5.75 Å². The zero-order chi connectivity index (χ0) is 23.9. The van der Waals surface area contributed by atoms with Gasteiger partial charge < -0.3 is 4.74 Å². The van der Waals surface area contributed by atoms with Gasteiger partial charge in [0.2, 0.25) is 0 Å². The summed E-state index contributed by atoms with van der Waals surface area (Å²) < 4.78 is 38.8. The predicted octanol–water partition coefficient (Wildman–Crippen LogP) is 8.94. The number of aryl methyl sites for hydroxylation is 4. The highest BCUT2D eigenvalue weighted by Crippen LogP contribution is 2.24. The molecule has 0 saturated heterocycles. The average Bonchev–Trinajstić information content (AvgIpc) is 2.74. The molecule has 5 heteroatoms. The van der Waals surface area contributed by atoms with E-state index in [2.05, 4.69) is 81.0 Å². The first-order chi connectivity index (χ1) is 14.6. The quantitative estimate of drug-likeness (QED) is 0.360. The summed E-state index contributed by atoms with van der Waals surface area (Å²) in [6.07, 6.45) is -2.76. The molecule has 0 N–H and O–H groups in total. The summed E-state index contributed by atoms with van der Waals surface area (Å²) in [5.41, 5.74) is 5.32. The van der Waals surface area contributed by atoms with E-state index in [0.29, 0.717) is 0 Å². The maximum atomic E-state index is 11.7. The molecule has 0 atom stereocenters. The molecule has 170 valence electrons. The predicted molar refractivity (Wildman–Crippen MR) is 128 cm³/mol. The van der Waals surface area contributed by atoms with Crippen LogP contribution >= 0.6 is 11.8 Å². The van der Waals surface area contributed by atoms with Crippen molar-refractivity contribution < 1.29 is 17.9 Å². The number of hydrogen-bond acceptors (Lipinski definition) is 2. The molecule has 0 aliphatic heterocycles. The largest absolute Gasteiger partial charge is 0.573 e. The number of alkyl halides is 3. The second-order valence-corrected chi connectivity index (χ2v) is 7.41. The van der Waals surface area contributed by atoms with E-state index in [4.69, 9.17) is 0 Å². The third-order valence-corrected chi connectivity index (χ3v) is 4.47. The van der Waals surface area contributed by atoms with E-state index in [1.165, 1.54) is 46.1 Å². The summed E-state index contributed by atoms with van der Waals surface area (Å²) in [6.45, 7) is 12.4. The lowest BCUT2D eigenvalue weighted by Crippen LogP contribution is -2.16. The van der Waals surface area contributed by atoms with Gasteiger partial charge in [-0.3, -0.25) is 0 Å². The topological polar surface area (TPSA) is 9.23 Å². The third-order valence-electron chi connectivity index (χ3n) is 3.73. The molecular weight excluding hydrogens is 417 g/mol. The lowest BCUT2D eigenvalue weighted by Gasteiger charge is -2.08. The normalized spacial score (nSPS) is 9.74. The third kappa shape index (κ3) is 15.1. The van der Waals surface area contributed by atoms with Crippen LogP contribution in [0.15, 0.2) is 77.7 Å². The molecule has 0 spiro atoms. The molecular formula is C26H33F3OS. The van der Waals surface area contributed by atoms with Crippen LogP contribution in [0.1, 0.15) is 36.1 Å². The number of halogens is 3. The Morgan fingerprint density at radius 1 is 0.581 bits per heavy atom. The first-order valence-corrected chi connectivity index (χ1v) is 11.3. The van der Waals surface area contributed by atoms with Crippen LogP contribution in [0.4, 0.5) is 13.2 Å². The molecule has 0 fully saturated rings. The Morgan fingerprint density at radius 2 is 0.871 bits per heavy atom. The molecule has 0 aliphatic rings. The van der Waals surface area contributed by atoms with Crippen LogP contribution in [0.2, 0.25) is 0 Å². The minimum atomic E-state index is -4.61. The summed E-state index contributed by atoms with van der Waals surface area (Å²) in [5, 5.41) is 0. The van der Waals surface area contributed by atoms with Gasteiger partial charge >= 0.3 is 6.36 Å². The Bertz CT molecular complexity index is 739.